The first-order chi connectivity index (χ1) is 8.11. The smallest absolute Gasteiger partial charge is 0.142 e. The SMILES string of the molecule is CCC1CC(N)=NN=C1c1ccc(Cl)c(F)c1. The minimum absolute atomic E-state index is 0.112. The minimum Gasteiger partial charge on any atom is -0.386 e. The van der Waals surface area contributed by atoms with Crippen LogP contribution in [0.15, 0.2) is 28.4 Å². The van der Waals surface area contributed by atoms with Crippen molar-refractivity contribution < 1.29 is 4.39 Å². The van der Waals surface area contributed by atoms with E-state index in [4.69, 9.17) is 17.3 Å². The van der Waals surface area contributed by atoms with Gasteiger partial charge in [0.25, 0.3) is 0 Å². The molecule has 1 atom stereocenters. The van der Waals surface area contributed by atoms with Crippen LogP contribution in [-0.2, 0) is 0 Å². The Morgan fingerprint density at radius 2 is 2.24 bits per heavy atom. The van der Waals surface area contributed by atoms with Crippen LogP contribution in [-0.4, -0.2) is 11.5 Å². The van der Waals surface area contributed by atoms with E-state index in [0.29, 0.717) is 12.3 Å². The summed E-state index contributed by atoms with van der Waals surface area (Å²) in [7, 11) is 0. The van der Waals surface area contributed by atoms with E-state index < -0.39 is 5.82 Å². The van der Waals surface area contributed by atoms with E-state index in [1.807, 2.05) is 6.92 Å². The number of nitrogens with zero attached hydrogens (tertiary/aromatic N) is 2. The molecule has 1 aliphatic rings. The summed E-state index contributed by atoms with van der Waals surface area (Å²) in [6.07, 6.45) is 1.55. The molecule has 0 saturated heterocycles. The molecular weight excluding hydrogens is 241 g/mol. The molecule has 0 aromatic heterocycles. The molecule has 0 bridgehead atoms. The number of hydrogen-bond donors (Lipinski definition) is 1. The number of nitrogens with two attached hydrogens (primary N) is 1. The van der Waals surface area contributed by atoms with Gasteiger partial charge in [-0.1, -0.05) is 24.6 Å². The third-order valence-electron chi connectivity index (χ3n) is 2.84. The number of amidine groups is 1. The van der Waals surface area contributed by atoms with Crippen LogP contribution >= 0.6 is 11.6 Å². The van der Waals surface area contributed by atoms with Gasteiger partial charge in [-0.25, -0.2) is 4.39 Å². The van der Waals surface area contributed by atoms with Crippen molar-refractivity contribution in [1.82, 2.24) is 0 Å². The van der Waals surface area contributed by atoms with Gasteiger partial charge in [0.2, 0.25) is 0 Å². The largest absolute Gasteiger partial charge is 0.386 e. The maximum Gasteiger partial charge on any atom is 0.142 e. The van der Waals surface area contributed by atoms with Gasteiger partial charge in [0.1, 0.15) is 11.7 Å². The van der Waals surface area contributed by atoms with E-state index in [-0.39, 0.29) is 10.9 Å². The van der Waals surface area contributed by atoms with Crippen molar-refractivity contribution in [3.63, 3.8) is 0 Å². The van der Waals surface area contributed by atoms with Gasteiger partial charge in [0, 0.05) is 17.9 Å². The number of rotatable bonds is 2. The zero-order valence-corrected chi connectivity index (χ0v) is 10.2. The number of halogens is 2. The predicted molar refractivity (Wildman–Crippen MR) is 68.0 cm³/mol. The molecule has 1 heterocycles. The molecular formula is C12H13ClFN3. The first kappa shape index (κ1) is 12.0. The molecule has 0 amide bonds. The first-order valence-corrected chi connectivity index (χ1v) is 5.85. The number of benzene rings is 1. The van der Waals surface area contributed by atoms with E-state index >= 15 is 0 Å². The third kappa shape index (κ3) is 2.47. The van der Waals surface area contributed by atoms with Crippen LogP contribution in [0.1, 0.15) is 25.3 Å². The van der Waals surface area contributed by atoms with Gasteiger partial charge < -0.3 is 5.73 Å². The van der Waals surface area contributed by atoms with Crippen molar-refractivity contribution in [3.05, 3.63) is 34.6 Å². The highest BCUT2D eigenvalue weighted by Gasteiger charge is 2.21. The summed E-state index contributed by atoms with van der Waals surface area (Å²) in [5, 5.41) is 8.05. The standard InChI is InChI=1S/C12H13ClFN3/c1-2-7-6-11(15)16-17-12(7)8-3-4-9(13)10(14)5-8/h3-5,7H,2,6H2,1H3,(H2,15,16). The summed E-state index contributed by atoms with van der Waals surface area (Å²) < 4.78 is 13.4. The van der Waals surface area contributed by atoms with E-state index in [9.17, 15) is 4.39 Å². The lowest BCUT2D eigenvalue weighted by molar-refractivity contribution is 0.626. The zero-order chi connectivity index (χ0) is 12.4. The van der Waals surface area contributed by atoms with Crippen molar-refractivity contribution in [2.45, 2.75) is 19.8 Å². The van der Waals surface area contributed by atoms with Gasteiger partial charge >= 0.3 is 0 Å². The van der Waals surface area contributed by atoms with Crippen molar-refractivity contribution in [1.29, 1.82) is 0 Å². The summed E-state index contributed by atoms with van der Waals surface area (Å²) in [5.41, 5.74) is 7.14. The van der Waals surface area contributed by atoms with E-state index in [1.165, 1.54) is 12.1 Å². The number of hydrogen-bond acceptors (Lipinski definition) is 3. The summed E-state index contributed by atoms with van der Waals surface area (Å²) in [6.45, 7) is 2.05. The molecule has 2 rings (SSSR count). The Kier molecular flexibility index (Phi) is 3.43. The fraction of sp³-hybridized carbons (Fsp3) is 0.333. The molecule has 3 nitrogen and oxygen atoms in total. The van der Waals surface area contributed by atoms with Gasteiger partial charge in [-0.3, -0.25) is 0 Å². The lowest BCUT2D eigenvalue weighted by Crippen LogP contribution is -2.26. The highest BCUT2D eigenvalue weighted by Crippen LogP contribution is 2.23. The quantitative estimate of drug-likeness (QED) is 0.866. The highest BCUT2D eigenvalue weighted by molar-refractivity contribution is 6.30. The molecule has 5 heteroatoms. The van der Waals surface area contributed by atoms with Crippen LogP contribution < -0.4 is 5.73 Å². The molecule has 2 N–H and O–H groups in total. The Morgan fingerprint density at radius 3 is 2.88 bits per heavy atom. The molecule has 0 aliphatic carbocycles. The molecule has 17 heavy (non-hydrogen) atoms. The zero-order valence-electron chi connectivity index (χ0n) is 9.45. The van der Waals surface area contributed by atoms with Crippen LogP contribution in [0.25, 0.3) is 0 Å². The normalized spacial score (nSPS) is 19.8. The van der Waals surface area contributed by atoms with Gasteiger partial charge in [0.05, 0.1) is 10.7 Å². The topological polar surface area (TPSA) is 50.7 Å². The van der Waals surface area contributed by atoms with Crippen molar-refractivity contribution in [3.8, 4) is 0 Å². The van der Waals surface area contributed by atoms with Crippen molar-refractivity contribution in [2.24, 2.45) is 21.9 Å². The Labute approximate surface area is 104 Å². The average molecular weight is 254 g/mol. The van der Waals surface area contributed by atoms with Gasteiger partial charge in [-0.2, -0.15) is 5.10 Å². The van der Waals surface area contributed by atoms with E-state index in [1.54, 1.807) is 6.07 Å². The predicted octanol–water partition coefficient (Wildman–Crippen LogP) is 2.97. The highest BCUT2D eigenvalue weighted by atomic mass is 35.5. The van der Waals surface area contributed by atoms with E-state index in [0.717, 1.165) is 17.7 Å². The summed E-state index contributed by atoms with van der Waals surface area (Å²) in [4.78, 5) is 0. The van der Waals surface area contributed by atoms with Gasteiger partial charge in [-0.15, -0.1) is 5.10 Å². The van der Waals surface area contributed by atoms with Gasteiger partial charge in [-0.05, 0) is 18.6 Å². The molecule has 1 aromatic rings. The van der Waals surface area contributed by atoms with Crippen molar-refractivity contribution >= 4 is 23.1 Å². The minimum atomic E-state index is -0.441. The molecule has 1 aliphatic heterocycles. The van der Waals surface area contributed by atoms with Crippen LogP contribution in [0.3, 0.4) is 0 Å². The molecule has 0 fully saturated rings. The molecule has 1 aromatic carbocycles. The second-order valence-electron chi connectivity index (χ2n) is 4.01. The first-order valence-electron chi connectivity index (χ1n) is 5.47. The maximum absolute atomic E-state index is 13.4. The fourth-order valence-corrected chi connectivity index (χ4v) is 1.99. The van der Waals surface area contributed by atoms with Crippen molar-refractivity contribution in [2.75, 3.05) is 0 Å². The molecule has 0 radical (unpaired) electrons. The van der Waals surface area contributed by atoms with Crippen LogP contribution in [0.2, 0.25) is 5.02 Å². The third-order valence-corrected chi connectivity index (χ3v) is 3.14. The Balaban J connectivity index is 2.40. The van der Waals surface area contributed by atoms with Crippen LogP contribution in [0.4, 0.5) is 4.39 Å². The lowest BCUT2D eigenvalue weighted by atomic mass is 9.90. The second-order valence-corrected chi connectivity index (χ2v) is 4.42. The van der Waals surface area contributed by atoms with E-state index in [2.05, 4.69) is 10.2 Å². The maximum atomic E-state index is 13.4. The molecule has 1 unspecified atom stereocenters. The monoisotopic (exact) mass is 253 g/mol. The Bertz CT molecular complexity index is 497. The Morgan fingerprint density at radius 1 is 1.47 bits per heavy atom. The average Bonchev–Trinajstić information content (AvgIpc) is 2.32. The van der Waals surface area contributed by atoms with Gasteiger partial charge in [0.15, 0.2) is 0 Å². The fourth-order valence-electron chi connectivity index (χ4n) is 1.88. The second kappa shape index (κ2) is 4.84. The summed E-state index contributed by atoms with van der Waals surface area (Å²) >= 11 is 5.65. The Hall–Kier alpha value is -1.42. The molecule has 90 valence electrons. The molecule has 0 saturated carbocycles. The summed E-state index contributed by atoms with van der Waals surface area (Å²) in [5.74, 6) is 0.271. The summed E-state index contributed by atoms with van der Waals surface area (Å²) in [6, 6.07) is 4.67. The molecule has 0 spiro atoms. The van der Waals surface area contributed by atoms with Crippen LogP contribution in [0.5, 0.6) is 0 Å². The lowest BCUT2D eigenvalue weighted by Gasteiger charge is -2.20. The van der Waals surface area contributed by atoms with Crippen LogP contribution in [0, 0.1) is 11.7 Å².